The van der Waals surface area contributed by atoms with E-state index in [4.69, 9.17) is 5.73 Å². The van der Waals surface area contributed by atoms with Gasteiger partial charge < -0.3 is 11.1 Å². The van der Waals surface area contributed by atoms with Gasteiger partial charge in [0.1, 0.15) is 0 Å². The standard InChI is InChI=1S/C6H12N2/c1-5(4-7)6(2)8-3/h4,8H,2,7H2,1,3H3/b5-4+. The Labute approximate surface area is 50.1 Å². The van der Waals surface area contributed by atoms with E-state index in [1.54, 1.807) is 0 Å². The van der Waals surface area contributed by atoms with Gasteiger partial charge >= 0.3 is 0 Å². The molecule has 0 aliphatic heterocycles. The summed E-state index contributed by atoms with van der Waals surface area (Å²) in [6.07, 6.45) is 1.53. The topological polar surface area (TPSA) is 38.0 Å². The Balaban J connectivity index is 3.83. The quantitative estimate of drug-likeness (QED) is 0.513. The number of nitrogens with two attached hydrogens (primary N) is 1. The Hall–Kier alpha value is -0.920. The van der Waals surface area contributed by atoms with Gasteiger partial charge in [0.05, 0.1) is 0 Å². The van der Waals surface area contributed by atoms with Crippen molar-refractivity contribution in [2.45, 2.75) is 6.92 Å². The zero-order chi connectivity index (χ0) is 6.57. The predicted molar refractivity (Wildman–Crippen MR) is 36.1 cm³/mol. The summed E-state index contributed by atoms with van der Waals surface area (Å²) in [6.45, 7) is 5.59. The van der Waals surface area contributed by atoms with Gasteiger partial charge in [-0.3, -0.25) is 0 Å². The first-order valence-corrected chi connectivity index (χ1v) is 2.48. The molecule has 0 aromatic heterocycles. The molecule has 0 fully saturated rings. The zero-order valence-electron chi connectivity index (χ0n) is 5.36. The highest BCUT2D eigenvalue weighted by Crippen LogP contribution is 1.97. The Bertz CT molecular complexity index is 114. The minimum Gasteiger partial charge on any atom is -0.404 e. The largest absolute Gasteiger partial charge is 0.404 e. The van der Waals surface area contributed by atoms with Gasteiger partial charge in [0, 0.05) is 12.7 Å². The smallest absolute Gasteiger partial charge is 0.0308 e. The van der Waals surface area contributed by atoms with Gasteiger partial charge in [-0.1, -0.05) is 6.58 Å². The molecule has 0 aliphatic carbocycles. The Kier molecular flexibility index (Phi) is 2.77. The minimum absolute atomic E-state index is 0.868. The van der Waals surface area contributed by atoms with Crippen molar-refractivity contribution >= 4 is 0 Å². The van der Waals surface area contributed by atoms with Gasteiger partial charge in [-0.2, -0.15) is 0 Å². The molecule has 3 N–H and O–H groups in total. The van der Waals surface area contributed by atoms with Crippen molar-refractivity contribution in [1.29, 1.82) is 0 Å². The van der Waals surface area contributed by atoms with Gasteiger partial charge in [-0.15, -0.1) is 0 Å². The van der Waals surface area contributed by atoms with Crippen LogP contribution in [0.25, 0.3) is 0 Å². The molecule has 0 aromatic carbocycles. The number of allylic oxidation sites excluding steroid dienone is 1. The molecule has 0 unspecified atom stereocenters. The van der Waals surface area contributed by atoms with E-state index in [0.717, 1.165) is 11.3 Å². The van der Waals surface area contributed by atoms with Crippen molar-refractivity contribution in [1.82, 2.24) is 5.32 Å². The molecular formula is C6H12N2. The molecule has 0 aromatic rings. The SMILES string of the molecule is C=C(NC)/C(C)=C/N. The van der Waals surface area contributed by atoms with E-state index in [1.165, 1.54) is 6.20 Å². The van der Waals surface area contributed by atoms with E-state index in [1.807, 2.05) is 14.0 Å². The molecule has 0 heterocycles. The number of nitrogens with one attached hydrogen (secondary N) is 1. The molecule has 0 bridgehead atoms. The summed E-state index contributed by atoms with van der Waals surface area (Å²) in [5.41, 5.74) is 7.03. The first-order valence-electron chi connectivity index (χ1n) is 2.48. The third-order valence-electron chi connectivity index (χ3n) is 1.03. The second-order valence-corrected chi connectivity index (χ2v) is 1.58. The predicted octanol–water partition coefficient (Wildman–Crippen LogP) is 0.582. The normalized spacial score (nSPS) is 11.0. The van der Waals surface area contributed by atoms with Crippen LogP contribution in [0.3, 0.4) is 0 Å². The maximum absolute atomic E-state index is 5.19. The molecule has 0 saturated heterocycles. The highest BCUT2D eigenvalue weighted by atomic mass is 14.8. The molecule has 0 radical (unpaired) electrons. The average molecular weight is 112 g/mol. The zero-order valence-corrected chi connectivity index (χ0v) is 5.36. The maximum atomic E-state index is 5.19. The van der Waals surface area contributed by atoms with E-state index < -0.39 is 0 Å². The van der Waals surface area contributed by atoms with Crippen molar-refractivity contribution in [3.63, 3.8) is 0 Å². The maximum Gasteiger partial charge on any atom is 0.0308 e. The van der Waals surface area contributed by atoms with E-state index in [-0.39, 0.29) is 0 Å². The van der Waals surface area contributed by atoms with Crippen molar-refractivity contribution in [3.05, 3.63) is 24.0 Å². The van der Waals surface area contributed by atoms with E-state index >= 15 is 0 Å². The molecule has 46 valence electrons. The van der Waals surface area contributed by atoms with Gasteiger partial charge in [0.25, 0.3) is 0 Å². The molecule has 0 spiro atoms. The third-order valence-corrected chi connectivity index (χ3v) is 1.03. The second kappa shape index (κ2) is 3.13. The fourth-order valence-electron chi connectivity index (χ4n) is 0.298. The van der Waals surface area contributed by atoms with E-state index in [9.17, 15) is 0 Å². The highest BCUT2D eigenvalue weighted by Gasteiger charge is 1.87. The van der Waals surface area contributed by atoms with Crippen LogP contribution >= 0.6 is 0 Å². The summed E-state index contributed by atoms with van der Waals surface area (Å²) < 4.78 is 0. The summed E-state index contributed by atoms with van der Waals surface area (Å²) in [7, 11) is 1.81. The van der Waals surface area contributed by atoms with Crippen molar-refractivity contribution < 1.29 is 0 Å². The summed E-state index contributed by atoms with van der Waals surface area (Å²) in [4.78, 5) is 0. The van der Waals surface area contributed by atoms with Crippen LogP contribution in [0.2, 0.25) is 0 Å². The lowest BCUT2D eigenvalue weighted by Crippen LogP contribution is -2.05. The monoisotopic (exact) mass is 112 g/mol. The lowest BCUT2D eigenvalue weighted by molar-refractivity contribution is 1.00. The highest BCUT2D eigenvalue weighted by molar-refractivity contribution is 5.22. The van der Waals surface area contributed by atoms with Crippen LogP contribution < -0.4 is 11.1 Å². The van der Waals surface area contributed by atoms with Gasteiger partial charge in [0.2, 0.25) is 0 Å². The molecule has 0 rings (SSSR count). The molecule has 2 heteroatoms. The lowest BCUT2D eigenvalue weighted by Gasteiger charge is -2.01. The van der Waals surface area contributed by atoms with Gasteiger partial charge in [0.15, 0.2) is 0 Å². The molecule has 0 amide bonds. The van der Waals surface area contributed by atoms with Crippen molar-refractivity contribution in [2.75, 3.05) is 7.05 Å². The van der Waals surface area contributed by atoms with Crippen LogP contribution in [-0.2, 0) is 0 Å². The third kappa shape index (κ3) is 1.69. The Morgan fingerprint density at radius 3 is 2.38 bits per heavy atom. The number of hydrogen-bond acceptors (Lipinski definition) is 2. The number of rotatable bonds is 2. The van der Waals surface area contributed by atoms with Crippen molar-refractivity contribution in [3.8, 4) is 0 Å². The first kappa shape index (κ1) is 7.08. The van der Waals surface area contributed by atoms with Crippen molar-refractivity contribution in [2.24, 2.45) is 5.73 Å². The number of likely N-dealkylation sites (N-methyl/N-ethyl adjacent to an activating group) is 1. The Morgan fingerprint density at radius 2 is 2.25 bits per heavy atom. The van der Waals surface area contributed by atoms with Crippen LogP contribution in [-0.4, -0.2) is 7.05 Å². The second-order valence-electron chi connectivity index (χ2n) is 1.58. The van der Waals surface area contributed by atoms with Crippen LogP contribution in [0.1, 0.15) is 6.92 Å². The fraction of sp³-hybridized carbons (Fsp3) is 0.333. The molecule has 0 saturated carbocycles. The fourth-order valence-corrected chi connectivity index (χ4v) is 0.298. The van der Waals surface area contributed by atoms with Gasteiger partial charge in [-0.05, 0) is 18.7 Å². The van der Waals surface area contributed by atoms with Crippen LogP contribution in [0.5, 0.6) is 0 Å². The molecule has 2 nitrogen and oxygen atoms in total. The summed E-state index contributed by atoms with van der Waals surface area (Å²) in [5, 5.41) is 2.87. The molecule has 0 aliphatic rings. The van der Waals surface area contributed by atoms with Crippen LogP contribution in [0, 0.1) is 0 Å². The molecular weight excluding hydrogens is 100 g/mol. The lowest BCUT2D eigenvalue weighted by atomic mass is 10.3. The summed E-state index contributed by atoms with van der Waals surface area (Å²) in [6, 6.07) is 0. The Morgan fingerprint density at radius 1 is 1.75 bits per heavy atom. The van der Waals surface area contributed by atoms with E-state index in [0.29, 0.717) is 0 Å². The molecule has 8 heavy (non-hydrogen) atoms. The van der Waals surface area contributed by atoms with Crippen LogP contribution in [0.15, 0.2) is 24.0 Å². The summed E-state index contributed by atoms with van der Waals surface area (Å²) in [5.74, 6) is 0. The molecule has 0 atom stereocenters. The summed E-state index contributed by atoms with van der Waals surface area (Å²) >= 11 is 0. The van der Waals surface area contributed by atoms with Gasteiger partial charge in [-0.25, -0.2) is 0 Å². The van der Waals surface area contributed by atoms with E-state index in [2.05, 4.69) is 11.9 Å². The average Bonchev–Trinajstić information content (AvgIpc) is 1.84. The number of hydrogen-bond donors (Lipinski definition) is 2. The first-order chi connectivity index (χ1) is 3.72. The minimum atomic E-state index is 0.868. The van der Waals surface area contributed by atoms with Crippen LogP contribution in [0.4, 0.5) is 0 Å².